The summed E-state index contributed by atoms with van der Waals surface area (Å²) in [6.45, 7) is 4.96. The summed E-state index contributed by atoms with van der Waals surface area (Å²) in [4.78, 5) is 0.362. The van der Waals surface area contributed by atoms with Crippen molar-refractivity contribution in [1.82, 2.24) is 4.31 Å². The molecular formula is C13H21ClN2O2S. The predicted octanol–water partition coefficient (Wildman–Crippen LogP) is 1.64. The lowest BCUT2D eigenvalue weighted by Crippen LogP contribution is -2.32. The number of nitrogens with zero attached hydrogens (tertiary/aromatic N) is 1. The first kappa shape index (κ1) is 16.4. The Bertz CT molecular complexity index is 506. The minimum atomic E-state index is -3.38. The second-order valence-electron chi connectivity index (χ2n) is 4.96. The number of hydrogen-bond donors (Lipinski definition) is 1. The second-order valence-corrected chi connectivity index (χ2v) is 6.90. The van der Waals surface area contributed by atoms with Gasteiger partial charge in [-0.3, -0.25) is 0 Å². The largest absolute Gasteiger partial charge is 0.326 e. The maximum Gasteiger partial charge on any atom is 0.243 e. The molecule has 6 heteroatoms. The van der Waals surface area contributed by atoms with E-state index in [4.69, 9.17) is 5.73 Å². The lowest BCUT2D eigenvalue weighted by Gasteiger charge is -2.16. The SMILES string of the molecule is CCc1ccc(S(=O)(=O)N2CC(C)C(N)C2)cc1.Cl. The van der Waals surface area contributed by atoms with Crippen LogP contribution in [0.3, 0.4) is 0 Å². The van der Waals surface area contributed by atoms with E-state index >= 15 is 0 Å². The Morgan fingerprint density at radius 2 is 1.84 bits per heavy atom. The fourth-order valence-corrected chi connectivity index (χ4v) is 3.77. The van der Waals surface area contributed by atoms with Gasteiger partial charge in [-0.2, -0.15) is 4.31 Å². The van der Waals surface area contributed by atoms with Crippen LogP contribution in [0.1, 0.15) is 19.4 Å². The third kappa shape index (κ3) is 3.28. The lowest BCUT2D eigenvalue weighted by molar-refractivity contribution is 0.464. The summed E-state index contributed by atoms with van der Waals surface area (Å²) in [6.07, 6.45) is 0.909. The molecule has 0 aliphatic carbocycles. The van der Waals surface area contributed by atoms with E-state index in [9.17, 15) is 8.42 Å². The third-order valence-electron chi connectivity index (χ3n) is 3.61. The van der Waals surface area contributed by atoms with E-state index in [1.54, 1.807) is 12.1 Å². The van der Waals surface area contributed by atoms with Crippen molar-refractivity contribution in [3.8, 4) is 0 Å². The predicted molar refractivity (Wildman–Crippen MR) is 79.0 cm³/mol. The molecule has 1 aliphatic rings. The topological polar surface area (TPSA) is 63.4 Å². The maximum absolute atomic E-state index is 12.4. The Kier molecular flexibility index (Phi) is 5.38. The van der Waals surface area contributed by atoms with Gasteiger partial charge in [-0.15, -0.1) is 12.4 Å². The van der Waals surface area contributed by atoms with Crippen LogP contribution in [0.5, 0.6) is 0 Å². The van der Waals surface area contributed by atoms with Gasteiger partial charge < -0.3 is 5.73 Å². The highest BCUT2D eigenvalue weighted by atomic mass is 35.5. The van der Waals surface area contributed by atoms with Crippen LogP contribution in [0.4, 0.5) is 0 Å². The normalized spacial score (nSPS) is 24.2. The first-order valence-electron chi connectivity index (χ1n) is 6.30. The summed E-state index contributed by atoms with van der Waals surface area (Å²) >= 11 is 0. The molecule has 1 saturated heterocycles. The zero-order valence-corrected chi connectivity index (χ0v) is 12.9. The monoisotopic (exact) mass is 304 g/mol. The molecular weight excluding hydrogens is 284 g/mol. The summed E-state index contributed by atoms with van der Waals surface area (Å²) in [5, 5.41) is 0. The minimum Gasteiger partial charge on any atom is -0.326 e. The smallest absolute Gasteiger partial charge is 0.243 e. The Balaban J connectivity index is 0.00000180. The molecule has 0 bridgehead atoms. The highest BCUT2D eigenvalue weighted by Crippen LogP contribution is 2.23. The number of hydrogen-bond acceptors (Lipinski definition) is 3. The van der Waals surface area contributed by atoms with E-state index in [-0.39, 0.29) is 24.4 Å². The van der Waals surface area contributed by atoms with Gasteiger partial charge in [0, 0.05) is 19.1 Å². The van der Waals surface area contributed by atoms with Crippen LogP contribution in [-0.2, 0) is 16.4 Å². The Morgan fingerprint density at radius 1 is 1.26 bits per heavy atom. The highest BCUT2D eigenvalue weighted by molar-refractivity contribution is 7.89. The van der Waals surface area contributed by atoms with Gasteiger partial charge in [0.15, 0.2) is 0 Å². The van der Waals surface area contributed by atoms with Crippen molar-refractivity contribution in [3.05, 3.63) is 29.8 Å². The Labute approximate surface area is 121 Å². The van der Waals surface area contributed by atoms with Crippen LogP contribution >= 0.6 is 12.4 Å². The van der Waals surface area contributed by atoms with Crippen LogP contribution in [-0.4, -0.2) is 31.9 Å². The number of halogens is 1. The minimum absolute atomic E-state index is 0. The van der Waals surface area contributed by atoms with Crippen molar-refractivity contribution in [2.24, 2.45) is 11.7 Å². The van der Waals surface area contributed by atoms with Crippen molar-refractivity contribution >= 4 is 22.4 Å². The first-order valence-corrected chi connectivity index (χ1v) is 7.74. The van der Waals surface area contributed by atoms with Crippen LogP contribution < -0.4 is 5.73 Å². The summed E-state index contributed by atoms with van der Waals surface area (Å²) in [6, 6.07) is 7.04. The molecule has 0 radical (unpaired) electrons. The number of nitrogens with two attached hydrogens (primary N) is 1. The Hall–Kier alpha value is -0.620. The van der Waals surface area contributed by atoms with Gasteiger partial charge in [0.05, 0.1) is 4.90 Å². The zero-order valence-electron chi connectivity index (χ0n) is 11.2. The van der Waals surface area contributed by atoms with E-state index in [0.717, 1.165) is 12.0 Å². The lowest BCUT2D eigenvalue weighted by atomic mass is 10.1. The molecule has 1 aromatic rings. The number of benzene rings is 1. The summed E-state index contributed by atoms with van der Waals surface area (Å²) < 4.78 is 26.3. The average molecular weight is 305 g/mol. The Morgan fingerprint density at radius 3 is 2.26 bits per heavy atom. The molecule has 1 aliphatic heterocycles. The van der Waals surface area contributed by atoms with E-state index in [0.29, 0.717) is 18.0 Å². The van der Waals surface area contributed by atoms with Gasteiger partial charge in [-0.1, -0.05) is 26.0 Å². The molecule has 19 heavy (non-hydrogen) atoms. The van der Waals surface area contributed by atoms with Gasteiger partial charge in [0.25, 0.3) is 0 Å². The van der Waals surface area contributed by atoms with Crippen LogP contribution in [0.2, 0.25) is 0 Å². The molecule has 2 rings (SSSR count). The summed E-state index contributed by atoms with van der Waals surface area (Å²) in [5.41, 5.74) is 7.02. The second kappa shape index (κ2) is 6.22. The third-order valence-corrected chi connectivity index (χ3v) is 5.45. The van der Waals surface area contributed by atoms with Crippen LogP contribution in [0.15, 0.2) is 29.2 Å². The maximum atomic E-state index is 12.4. The average Bonchev–Trinajstić information content (AvgIpc) is 2.70. The van der Waals surface area contributed by atoms with Gasteiger partial charge in [-0.25, -0.2) is 8.42 Å². The molecule has 2 unspecified atom stereocenters. The molecule has 1 fully saturated rings. The molecule has 2 atom stereocenters. The molecule has 0 spiro atoms. The van der Waals surface area contributed by atoms with E-state index in [1.165, 1.54) is 4.31 Å². The molecule has 2 N–H and O–H groups in total. The number of aryl methyl sites for hydroxylation is 1. The van der Waals surface area contributed by atoms with E-state index in [2.05, 4.69) is 0 Å². The molecule has 4 nitrogen and oxygen atoms in total. The molecule has 0 amide bonds. The van der Waals surface area contributed by atoms with E-state index < -0.39 is 10.0 Å². The number of sulfonamides is 1. The van der Waals surface area contributed by atoms with Gasteiger partial charge in [0.2, 0.25) is 10.0 Å². The molecule has 108 valence electrons. The van der Waals surface area contributed by atoms with Gasteiger partial charge in [-0.05, 0) is 30.0 Å². The molecule has 0 aromatic heterocycles. The number of rotatable bonds is 3. The first-order chi connectivity index (χ1) is 8.45. The van der Waals surface area contributed by atoms with Crippen molar-refractivity contribution < 1.29 is 8.42 Å². The fraction of sp³-hybridized carbons (Fsp3) is 0.538. The quantitative estimate of drug-likeness (QED) is 0.923. The van der Waals surface area contributed by atoms with E-state index in [1.807, 2.05) is 26.0 Å². The van der Waals surface area contributed by atoms with Gasteiger partial charge in [0.1, 0.15) is 0 Å². The van der Waals surface area contributed by atoms with Crippen molar-refractivity contribution in [1.29, 1.82) is 0 Å². The molecule has 1 heterocycles. The zero-order chi connectivity index (χ0) is 13.3. The van der Waals surface area contributed by atoms with Crippen molar-refractivity contribution in [2.75, 3.05) is 13.1 Å². The van der Waals surface area contributed by atoms with Crippen molar-refractivity contribution in [2.45, 2.75) is 31.2 Å². The highest BCUT2D eigenvalue weighted by Gasteiger charge is 2.35. The standard InChI is InChI=1S/C13H20N2O2S.ClH/c1-3-11-4-6-12(7-5-11)18(16,17)15-8-10(2)13(14)9-15;/h4-7,10,13H,3,8-9,14H2,1-2H3;1H. The summed E-state index contributed by atoms with van der Waals surface area (Å²) in [5.74, 6) is 0.217. The molecule has 1 aromatic carbocycles. The van der Waals surface area contributed by atoms with Crippen LogP contribution in [0, 0.1) is 5.92 Å². The van der Waals surface area contributed by atoms with Crippen molar-refractivity contribution in [3.63, 3.8) is 0 Å². The molecule has 0 saturated carbocycles. The van der Waals surface area contributed by atoms with Gasteiger partial charge >= 0.3 is 0 Å². The van der Waals surface area contributed by atoms with Crippen LogP contribution in [0.25, 0.3) is 0 Å². The fourth-order valence-electron chi connectivity index (χ4n) is 2.19. The summed E-state index contributed by atoms with van der Waals surface area (Å²) in [7, 11) is -3.38.